The van der Waals surface area contributed by atoms with Gasteiger partial charge in [-0.3, -0.25) is 9.59 Å². The average molecular weight is 304 g/mol. The molecule has 21 heavy (non-hydrogen) atoms. The highest BCUT2D eigenvalue weighted by molar-refractivity contribution is 5.75. The van der Waals surface area contributed by atoms with E-state index in [4.69, 9.17) is 9.47 Å². The SMILES string of the molecule is CC(=O)OCC(=O)OCCCCCOC(=O)COC(C)=O. The number of esters is 4. The van der Waals surface area contributed by atoms with Crippen LogP contribution in [0.25, 0.3) is 0 Å². The fraction of sp³-hybridized carbons (Fsp3) is 0.692. The molecule has 8 heteroatoms. The molecule has 0 bridgehead atoms. The van der Waals surface area contributed by atoms with E-state index >= 15 is 0 Å². The van der Waals surface area contributed by atoms with Gasteiger partial charge < -0.3 is 18.9 Å². The van der Waals surface area contributed by atoms with Gasteiger partial charge in [0.15, 0.2) is 13.2 Å². The largest absolute Gasteiger partial charge is 0.463 e. The average Bonchev–Trinajstić information content (AvgIpc) is 2.41. The van der Waals surface area contributed by atoms with Crippen molar-refractivity contribution in [2.75, 3.05) is 26.4 Å². The summed E-state index contributed by atoms with van der Waals surface area (Å²) in [6, 6.07) is 0. The Labute approximate surface area is 122 Å². The molecule has 0 aromatic carbocycles. The van der Waals surface area contributed by atoms with Crippen molar-refractivity contribution in [2.24, 2.45) is 0 Å². The van der Waals surface area contributed by atoms with E-state index < -0.39 is 23.9 Å². The summed E-state index contributed by atoms with van der Waals surface area (Å²) in [6.45, 7) is 2.06. The van der Waals surface area contributed by atoms with E-state index in [-0.39, 0.29) is 26.4 Å². The molecule has 0 aromatic rings. The predicted octanol–water partition coefficient (Wildman–Crippen LogP) is 0.369. The zero-order chi connectivity index (χ0) is 16.1. The normalized spacial score (nSPS) is 9.62. The maximum Gasteiger partial charge on any atom is 0.344 e. The number of carbonyl (C=O) groups is 4. The van der Waals surface area contributed by atoms with Gasteiger partial charge >= 0.3 is 23.9 Å². The Balaban J connectivity index is 3.36. The summed E-state index contributed by atoms with van der Waals surface area (Å²) < 4.78 is 18.5. The van der Waals surface area contributed by atoms with Crippen molar-refractivity contribution >= 4 is 23.9 Å². The lowest BCUT2D eigenvalue weighted by Crippen LogP contribution is -2.16. The molecule has 0 heterocycles. The second-order valence-corrected chi connectivity index (χ2v) is 4.06. The molecule has 0 spiro atoms. The maximum atomic E-state index is 11.0. The molecular weight excluding hydrogens is 284 g/mol. The van der Waals surface area contributed by atoms with Crippen LogP contribution in [-0.2, 0) is 38.1 Å². The first-order chi connectivity index (χ1) is 9.91. The first-order valence-corrected chi connectivity index (χ1v) is 6.49. The van der Waals surface area contributed by atoms with Gasteiger partial charge in [0.1, 0.15) is 0 Å². The molecule has 8 nitrogen and oxygen atoms in total. The third-order valence-electron chi connectivity index (χ3n) is 2.10. The van der Waals surface area contributed by atoms with Crippen LogP contribution >= 0.6 is 0 Å². The maximum absolute atomic E-state index is 11.0. The summed E-state index contributed by atoms with van der Waals surface area (Å²) in [4.78, 5) is 43.0. The Morgan fingerprint density at radius 3 is 1.33 bits per heavy atom. The standard InChI is InChI=1S/C13H20O8/c1-10(14)20-8-12(16)18-6-4-3-5-7-19-13(17)9-21-11(2)15/h3-9H2,1-2H3. The molecule has 0 radical (unpaired) electrons. The second kappa shape index (κ2) is 11.7. The van der Waals surface area contributed by atoms with Gasteiger partial charge in [-0.1, -0.05) is 0 Å². The van der Waals surface area contributed by atoms with Crippen LogP contribution in [0.5, 0.6) is 0 Å². The molecule has 120 valence electrons. The van der Waals surface area contributed by atoms with Gasteiger partial charge in [-0.15, -0.1) is 0 Å². The van der Waals surface area contributed by atoms with Gasteiger partial charge in [0, 0.05) is 13.8 Å². The third-order valence-corrected chi connectivity index (χ3v) is 2.10. The number of unbranched alkanes of at least 4 members (excludes halogenated alkanes) is 2. The summed E-state index contributed by atoms with van der Waals surface area (Å²) in [5, 5.41) is 0. The van der Waals surface area contributed by atoms with Crippen molar-refractivity contribution in [2.45, 2.75) is 33.1 Å². The Hall–Kier alpha value is -2.12. The molecule has 0 saturated heterocycles. The van der Waals surface area contributed by atoms with Crippen LogP contribution in [0.2, 0.25) is 0 Å². The van der Waals surface area contributed by atoms with Gasteiger partial charge in [-0.05, 0) is 19.3 Å². The van der Waals surface area contributed by atoms with E-state index in [1.54, 1.807) is 0 Å². The highest BCUT2D eigenvalue weighted by Gasteiger charge is 2.06. The lowest BCUT2D eigenvalue weighted by atomic mass is 10.2. The molecule has 0 unspecified atom stereocenters. The third kappa shape index (κ3) is 14.1. The minimum Gasteiger partial charge on any atom is -0.463 e. The first kappa shape index (κ1) is 18.9. The van der Waals surface area contributed by atoms with Crippen molar-refractivity contribution in [3.8, 4) is 0 Å². The topological polar surface area (TPSA) is 105 Å². The van der Waals surface area contributed by atoms with Gasteiger partial charge in [0.25, 0.3) is 0 Å². The molecule has 0 saturated carbocycles. The second-order valence-electron chi connectivity index (χ2n) is 4.06. The monoisotopic (exact) mass is 304 g/mol. The number of hydrogen-bond donors (Lipinski definition) is 0. The van der Waals surface area contributed by atoms with Crippen LogP contribution < -0.4 is 0 Å². The Kier molecular flexibility index (Phi) is 10.5. The summed E-state index contributed by atoms with van der Waals surface area (Å²) >= 11 is 0. The zero-order valence-electron chi connectivity index (χ0n) is 12.2. The number of hydrogen-bond acceptors (Lipinski definition) is 8. The molecule has 0 fully saturated rings. The van der Waals surface area contributed by atoms with Gasteiger partial charge in [0.2, 0.25) is 0 Å². The van der Waals surface area contributed by atoms with Crippen molar-refractivity contribution in [3.63, 3.8) is 0 Å². The molecule has 0 aliphatic heterocycles. The Bertz CT molecular complexity index is 329. The van der Waals surface area contributed by atoms with E-state index in [0.717, 1.165) is 0 Å². The molecule has 0 aliphatic carbocycles. The molecule has 0 rings (SSSR count). The number of ether oxygens (including phenoxy) is 4. The molecule has 0 amide bonds. The fourth-order valence-electron chi connectivity index (χ4n) is 1.16. The van der Waals surface area contributed by atoms with Crippen LogP contribution in [0.1, 0.15) is 33.1 Å². The van der Waals surface area contributed by atoms with Gasteiger partial charge in [-0.25, -0.2) is 9.59 Å². The quantitative estimate of drug-likeness (QED) is 0.324. The smallest absolute Gasteiger partial charge is 0.344 e. The number of rotatable bonds is 10. The van der Waals surface area contributed by atoms with Crippen molar-refractivity contribution in [1.82, 2.24) is 0 Å². The van der Waals surface area contributed by atoms with Crippen molar-refractivity contribution in [3.05, 3.63) is 0 Å². The fourth-order valence-corrected chi connectivity index (χ4v) is 1.16. The van der Waals surface area contributed by atoms with Crippen molar-refractivity contribution < 1.29 is 38.1 Å². The summed E-state index contributed by atoms with van der Waals surface area (Å²) in [5.74, 6) is -2.28. The highest BCUT2D eigenvalue weighted by Crippen LogP contribution is 1.98. The summed E-state index contributed by atoms with van der Waals surface area (Å²) in [6.07, 6.45) is 1.91. The van der Waals surface area contributed by atoms with Gasteiger partial charge in [0.05, 0.1) is 13.2 Å². The number of carbonyl (C=O) groups excluding carboxylic acids is 4. The Morgan fingerprint density at radius 1 is 0.619 bits per heavy atom. The molecular formula is C13H20O8. The first-order valence-electron chi connectivity index (χ1n) is 6.49. The van der Waals surface area contributed by atoms with Crippen LogP contribution in [0, 0.1) is 0 Å². The van der Waals surface area contributed by atoms with Gasteiger partial charge in [-0.2, -0.15) is 0 Å². The van der Waals surface area contributed by atoms with Crippen molar-refractivity contribution in [1.29, 1.82) is 0 Å². The lowest BCUT2D eigenvalue weighted by Gasteiger charge is -2.06. The minimum absolute atomic E-state index is 0.210. The molecule has 0 N–H and O–H groups in total. The van der Waals surface area contributed by atoms with Crippen LogP contribution in [-0.4, -0.2) is 50.3 Å². The minimum atomic E-state index is -0.599. The molecule has 0 atom stereocenters. The van der Waals surface area contributed by atoms with E-state index in [9.17, 15) is 19.2 Å². The lowest BCUT2D eigenvalue weighted by molar-refractivity contribution is -0.158. The van der Waals surface area contributed by atoms with Crippen LogP contribution in [0.15, 0.2) is 0 Å². The highest BCUT2D eigenvalue weighted by atomic mass is 16.6. The van der Waals surface area contributed by atoms with E-state index in [1.165, 1.54) is 13.8 Å². The van der Waals surface area contributed by atoms with E-state index in [0.29, 0.717) is 19.3 Å². The van der Waals surface area contributed by atoms with E-state index in [1.807, 2.05) is 0 Å². The molecule has 0 aromatic heterocycles. The predicted molar refractivity (Wildman–Crippen MR) is 69.0 cm³/mol. The Morgan fingerprint density at radius 2 is 1.00 bits per heavy atom. The summed E-state index contributed by atoms with van der Waals surface area (Å²) in [7, 11) is 0. The molecule has 0 aliphatic rings. The van der Waals surface area contributed by atoms with Crippen LogP contribution in [0.3, 0.4) is 0 Å². The zero-order valence-corrected chi connectivity index (χ0v) is 12.2. The van der Waals surface area contributed by atoms with Crippen LogP contribution in [0.4, 0.5) is 0 Å². The summed E-state index contributed by atoms with van der Waals surface area (Å²) in [5.41, 5.74) is 0. The van der Waals surface area contributed by atoms with E-state index in [2.05, 4.69) is 9.47 Å².